The molecule has 28 heavy (non-hydrogen) atoms. The van der Waals surface area contributed by atoms with Crippen molar-refractivity contribution in [1.29, 1.82) is 0 Å². The topological polar surface area (TPSA) is 78.7 Å². The molecule has 3 amide bonds. The summed E-state index contributed by atoms with van der Waals surface area (Å²) in [5.74, 6) is -0.481. The Morgan fingerprint density at radius 2 is 1.96 bits per heavy atom. The summed E-state index contributed by atoms with van der Waals surface area (Å²) in [6.45, 7) is 7.05. The number of hydrogen-bond donors (Lipinski definition) is 2. The Balaban J connectivity index is 0.00000280. The van der Waals surface area contributed by atoms with Gasteiger partial charge in [0.15, 0.2) is 0 Å². The molecule has 3 rings (SSSR count). The highest BCUT2D eigenvalue weighted by atomic mass is 35.5. The lowest BCUT2D eigenvalue weighted by molar-refractivity contribution is 0.0999. The number of hydrogen-bond acceptors (Lipinski definition) is 4. The van der Waals surface area contributed by atoms with Crippen LogP contribution < -0.4 is 16.0 Å². The van der Waals surface area contributed by atoms with Crippen LogP contribution >= 0.6 is 35.3 Å². The van der Waals surface area contributed by atoms with Crippen LogP contribution in [-0.2, 0) is 13.0 Å². The molecule has 0 atom stereocenters. The molecule has 152 valence electrons. The van der Waals surface area contributed by atoms with Gasteiger partial charge in [-0.15, -0.1) is 23.7 Å². The number of halogens is 2. The Morgan fingerprint density at radius 3 is 2.54 bits per heavy atom. The molecule has 0 saturated heterocycles. The van der Waals surface area contributed by atoms with Crippen molar-refractivity contribution in [2.75, 3.05) is 29.9 Å². The van der Waals surface area contributed by atoms with Crippen LogP contribution in [0.2, 0.25) is 5.02 Å². The van der Waals surface area contributed by atoms with E-state index in [0.717, 1.165) is 36.5 Å². The number of anilines is 2. The molecule has 0 unspecified atom stereocenters. The Labute approximate surface area is 180 Å². The van der Waals surface area contributed by atoms with E-state index >= 15 is 0 Å². The van der Waals surface area contributed by atoms with Gasteiger partial charge in [0.25, 0.3) is 5.91 Å². The van der Waals surface area contributed by atoms with E-state index in [1.807, 2.05) is 6.92 Å². The third kappa shape index (κ3) is 4.60. The number of urea groups is 1. The average Bonchev–Trinajstić information content (AvgIpc) is 3.02. The normalized spacial score (nSPS) is 13.4. The van der Waals surface area contributed by atoms with E-state index in [1.54, 1.807) is 29.2 Å². The van der Waals surface area contributed by atoms with Gasteiger partial charge < -0.3 is 11.1 Å². The second-order valence-corrected chi connectivity index (χ2v) is 7.87. The lowest BCUT2D eigenvalue weighted by Gasteiger charge is -2.25. The molecule has 0 spiro atoms. The summed E-state index contributed by atoms with van der Waals surface area (Å²) in [5, 5.41) is 4.08. The maximum absolute atomic E-state index is 12.9. The molecule has 1 aromatic carbocycles. The minimum Gasteiger partial charge on any atom is -0.365 e. The SMILES string of the molecule is CCN1CCc2c(sc(N(CC)C(=O)Nc3ccc(Cl)cc3)c2C(N)=O)C1.Cl. The molecule has 0 bridgehead atoms. The fourth-order valence-electron chi connectivity index (χ4n) is 3.26. The second-order valence-electron chi connectivity index (χ2n) is 6.35. The summed E-state index contributed by atoms with van der Waals surface area (Å²) in [6.07, 6.45) is 0.772. The lowest BCUT2D eigenvalue weighted by atomic mass is 10.0. The maximum atomic E-state index is 12.9. The molecule has 0 saturated carbocycles. The van der Waals surface area contributed by atoms with Crippen LogP contribution in [0.25, 0.3) is 0 Å². The van der Waals surface area contributed by atoms with E-state index in [9.17, 15) is 9.59 Å². The molecule has 0 aliphatic carbocycles. The van der Waals surface area contributed by atoms with Crippen molar-refractivity contribution in [3.8, 4) is 0 Å². The molecule has 1 aliphatic rings. The van der Waals surface area contributed by atoms with Crippen molar-refractivity contribution >= 4 is 58.0 Å². The van der Waals surface area contributed by atoms with E-state index in [0.29, 0.717) is 27.8 Å². The van der Waals surface area contributed by atoms with Crippen LogP contribution in [0.3, 0.4) is 0 Å². The smallest absolute Gasteiger partial charge is 0.326 e. The van der Waals surface area contributed by atoms with Crippen molar-refractivity contribution in [3.63, 3.8) is 0 Å². The van der Waals surface area contributed by atoms with Crippen LogP contribution in [0.15, 0.2) is 24.3 Å². The molecule has 0 fully saturated rings. The monoisotopic (exact) mass is 442 g/mol. The number of nitrogens with one attached hydrogen (secondary N) is 1. The summed E-state index contributed by atoms with van der Waals surface area (Å²) in [5.41, 5.74) is 7.81. The molecule has 6 nitrogen and oxygen atoms in total. The van der Waals surface area contributed by atoms with Gasteiger partial charge in [0.05, 0.1) is 5.56 Å². The van der Waals surface area contributed by atoms with Crippen molar-refractivity contribution in [2.45, 2.75) is 26.8 Å². The third-order valence-corrected chi connectivity index (χ3v) is 6.20. The predicted octanol–water partition coefficient (Wildman–Crippen LogP) is 4.36. The average molecular weight is 443 g/mol. The van der Waals surface area contributed by atoms with Gasteiger partial charge in [-0.25, -0.2) is 4.79 Å². The fourth-order valence-corrected chi connectivity index (χ4v) is 4.84. The van der Waals surface area contributed by atoms with Crippen molar-refractivity contribution in [1.82, 2.24) is 4.90 Å². The molecular formula is C19H24Cl2N4O2S. The van der Waals surface area contributed by atoms with Gasteiger partial charge in [-0.3, -0.25) is 14.6 Å². The molecule has 1 aliphatic heterocycles. The van der Waals surface area contributed by atoms with Crippen LogP contribution in [0.4, 0.5) is 15.5 Å². The number of rotatable bonds is 5. The van der Waals surface area contributed by atoms with Crippen LogP contribution in [0, 0.1) is 0 Å². The molecule has 0 radical (unpaired) electrons. The van der Waals surface area contributed by atoms with E-state index in [-0.39, 0.29) is 18.4 Å². The Kier molecular flexibility index (Phi) is 7.71. The van der Waals surface area contributed by atoms with Crippen LogP contribution in [-0.4, -0.2) is 36.5 Å². The highest BCUT2D eigenvalue weighted by Gasteiger charge is 2.30. The van der Waals surface area contributed by atoms with Gasteiger partial charge in [-0.05, 0) is 49.7 Å². The predicted molar refractivity (Wildman–Crippen MR) is 118 cm³/mol. The van der Waals surface area contributed by atoms with Crippen LogP contribution in [0.1, 0.15) is 34.6 Å². The van der Waals surface area contributed by atoms with Gasteiger partial charge >= 0.3 is 6.03 Å². The zero-order chi connectivity index (χ0) is 19.6. The zero-order valence-corrected chi connectivity index (χ0v) is 18.2. The van der Waals surface area contributed by atoms with Crippen molar-refractivity contribution in [2.24, 2.45) is 5.73 Å². The molecule has 3 N–H and O–H groups in total. The standard InChI is InChI=1S/C19H23ClN4O2S.ClH/c1-3-23-10-9-14-15(11-23)27-18(16(14)17(21)25)24(4-2)19(26)22-13-7-5-12(20)6-8-13;/h5-8H,3-4,9-11H2,1-2H3,(H2,21,25)(H,22,26);1H. The number of primary amides is 1. The highest BCUT2D eigenvalue weighted by Crippen LogP contribution is 2.39. The van der Waals surface area contributed by atoms with E-state index in [4.69, 9.17) is 17.3 Å². The van der Waals surface area contributed by atoms with Gasteiger partial charge in [0, 0.05) is 35.2 Å². The first kappa shape index (κ1) is 22.5. The lowest BCUT2D eigenvalue weighted by Crippen LogP contribution is -2.35. The summed E-state index contributed by atoms with van der Waals surface area (Å²) >= 11 is 7.38. The number of benzene rings is 1. The van der Waals surface area contributed by atoms with E-state index in [1.165, 1.54) is 11.3 Å². The first-order chi connectivity index (χ1) is 12.9. The molecule has 2 heterocycles. The molecule has 1 aromatic heterocycles. The Hall–Kier alpha value is -1.80. The summed E-state index contributed by atoms with van der Waals surface area (Å²) in [7, 11) is 0. The zero-order valence-electron chi connectivity index (χ0n) is 15.8. The maximum Gasteiger partial charge on any atom is 0.326 e. The Bertz CT molecular complexity index is 854. The van der Waals surface area contributed by atoms with Gasteiger partial charge in [-0.2, -0.15) is 0 Å². The minimum atomic E-state index is -0.481. The Morgan fingerprint density at radius 1 is 1.29 bits per heavy atom. The number of thiophene rings is 1. The van der Waals surface area contributed by atoms with Gasteiger partial charge in [0.2, 0.25) is 0 Å². The number of nitrogens with two attached hydrogens (primary N) is 1. The number of fused-ring (bicyclic) bond motifs is 1. The second kappa shape index (κ2) is 9.60. The fraction of sp³-hybridized carbons (Fsp3) is 0.368. The van der Waals surface area contributed by atoms with E-state index < -0.39 is 5.91 Å². The quantitative estimate of drug-likeness (QED) is 0.721. The van der Waals surface area contributed by atoms with Gasteiger partial charge in [0.1, 0.15) is 5.00 Å². The minimum absolute atomic E-state index is 0. The summed E-state index contributed by atoms with van der Waals surface area (Å²) in [6, 6.07) is 6.61. The number of carbonyl (C=O) groups excluding carboxylic acids is 2. The first-order valence-electron chi connectivity index (χ1n) is 8.95. The number of amides is 3. The molecule has 2 aromatic rings. The summed E-state index contributed by atoms with van der Waals surface area (Å²) < 4.78 is 0. The highest BCUT2D eigenvalue weighted by molar-refractivity contribution is 7.17. The van der Waals surface area contributed by atoms with Crippen molar-refractivity contribution < 1.29 is 9.59 Å². The van der Waals surface area contributed by atoms with Crippen molar-refractivity contribution in [3.05, 3.63) is 45.3 Å². The van der Waals surface area contributed by atoms with Gasteiger partial charge in [-0.1, -0.05) is 18.5 Å². The number of likely N-dealkylation sites (N-methyl/N-ethyl adjacent to an activating group) is 1. The molecule has 9 heteroatoms. The third-order valence-electron chi connectivity index (χ3n) is 4.71. The number of carbonyl (C=O) groups is 2. The van der Waals surface area contributed by atoms with E-state index in [2.05, 4.69) is 17.1 Å². The number of nitrogens with zero attached hydrogens (tertiary/aromatic N) is 2. The largest absolute Gasteiger partial charge is 0.365 e. The molecular weight excluding hydrogens is 419 g/mol. The first-order valence-corrected chi connectivity index (χ1v) is 10.1. The summed E-state index contributed by atoms with van der Waals surface area (Å²) in [4.78, 5) is 30.1. The van der Waals surface area contributed by atoms with Crippen LogP contribution in [0.5, 0.6) is 0 Å².